The molecule has 2 N–H and O–H groups in total. The molecule has 41 heavy (non-hydrogen) atoms. The number of benzene rings is 3. The minimum atomic E-state index is -1.10. The van der Waals surface area contributed by atoms with Crippen LogP contribution in [0.5, 0.6) is 0 Å². The molecule has 1 atom stereocenters. The molecule has 1 fully saturated rings. The van der Waals surface area contributed by atoms with Crippen molar-refractivity contribution in [1.29, 1.82) is 0 Å². The van der Waals surface area contributed by atoms with E-state index in [9.17, 15) is 19.5 Å². The van der Waals surface area contributed by atoms with E-state index in [-0.39, 0.29) is 24.2 Å². The van der Waals surface area contributed by atoms with Crippen LogP contribution in [0.3, 0.4) is 0 Å². The zero-order valence-electron chi connectivity index (χ0n) is 22.3. The SMILES string of the molecule is CSc1ccc(/C=C/C(=O)N2CCC(C(=O)NC(Cc3ccc(-c4ccccc4Cl)cc3)C(=O)O)CC2)c(Cl)c1Cl. The van der Waals surface area contributed by atoms with Crippen LogP contribution in [0.4, 0.5) is 0 Å². The van der Waals surface area contributed by atoms with Crippen LogP contribution in [0.2, 0.25) is 15.1 Å². The predicted octanol–water partition coefficient (Wildman–Crippen LogP) is 7.10. The van der Waals surface area contributed by atoms with Gasteiger partial charge in [0.2, 0.25) is 11.8 Å². The normalized spacial score (nSPS) is 14.7. The van der Waals surface area contributed by atoms with Crippen LogP contribution < -0.4 is 5.32 Å². The topological polar surface area (TPSA) is 86.7 Å². The molecule has 4 rings (SSSR count). The quantitative estimate of drug-likeness (QED) is 0.194. The lowest BCUT2D eigenvalue weighted by atomic mass is 9.94. The molecule has 1 aliphatic rings. The molecule has 1 aliphatic heterocycles. The fourth-order valence-electron chi connectivity index (χ4n) is 4.70. The number of piperidine rings is 1. The summed E-state index contributed by atoms with van der Waals surface area (Å²) in [6, 6.07) is 17.6. The standard InChI is InChI=1S/C31H29Cl3N2O4S/c1-41-26-12-10-21(28(33)29(26)34)11-13-27(37)36-16-14-22(15-17-36)30(38)35-25(31(39)40)18-19-6-8-20(9-7-19)23-4-2-3-5-24(23)32/h2-13,22,25H,14-18H2,1H3,(H,35,38)(H,39,40)/b13-11+. The van der Waals surface area contributed by atoms with Crippen molar-refractivity contribution in [2.24, 2.45) is 5.92 Å². The number of carboxylic acid groups (broad SMARTS) is 1. The molecule has 3 aromatic carbocycles. The van der Waals surface area contributed by atoms with Crippen molar-refractivity contribution in [3.05, 3.63) is 92.9 Å². The average molecular weight is 632 g/mol. The summed E-state index contributed by atoms with van der Waals surface area (Å²) in [5.41, 5.74) is 3.24. The number of carboxylic acids is 1. The first-order chi connectivity index (χ1) is 19.7. The fraction of sp³-hybridized carbons (Fsp3) is 0.258. The number of aliphatic carboxylic acids is 1. The third-order valence-corrected chi connectivity index (χ3v) is 9.19. The van der Waals surface area contributed by atoms with Gasteiger partial charge in [-0.25, -0.2) is 4.79 Å². The third-order valence-electron chi connectivity index (χ3n) is 7.07. The van der Waals surface area contributed by atoms with Gasteiger partial charge in [0, 0.05) is 47.0 Å². The summed E-state index contributed by atoms with van der Waals surface area (Å²) in [6.07, 6.45) is 6.03. The van der Waals surface area contributed by atoms with Crippen molar-refractivity contribution in [2.75, 3.05) is 19.3 Å². The predicted molar refractivity (Wildman–Crippen MR) is 167 cm³/mol. The van der Waals surface area contributed by atoms with Crippen LogP contribution >= 0.6 is 46.6 Å². The molecule has 6 nitrogen and oxygen atoms in total. The zero-order valence-corrected chi connectivity index (χ0v) is 25.4. The first-order valence-corrected chi connectivity index (χ1v) is 15.4. The Morgan fingerprint density at radius 3 is 2.32 bits per heavy atom. The van der Waals surface area contributed by atoms with Crippen LogP contribution in [0.25, 0.3) is 17.2 Å². The van der Waals surface area contributed by atoms with Gasteiger partial charge in [-0.05, 0) is 54.0 Å². The maximum Gasteiger partial charge on any atom is 0.326 e. The van der Waals surface area contributed by atoms with Crippen molar-refractivity contribution in [1.82, 2.24) is 10.2 Å². The lowest BCUT2D eigenvalue weighted by Crippen LogP contribution is -2.48. The number of halogens is 3. The molecule has 3 aromatic rings. The zero-order chi connectivity index (χ0) is 29.5. The highest BCUT2D eigenvalue weighted by atomic mass is 35.5. The van der Waals surface area contributed by atoms with Gasteiger partial charge in [0.25, 0.3) is 0 Å². The third kappa shape index (κ3) is 7.86. The van der Waals surface area contributed by atoms with E-state index in [0.717, 1.165) is 21.6 Å². The molecule has 1 unspecified atom stereocenters. The number of carbonyl (C=O) groups excluding carboxylic acids is 2. The number of carbonyl (C=O) groups is 3. The second-order valence-electron chi connectivity index (χ2n) is 9.70. The van der Waals surface area contributed by atoms with Gasteiger partial charge >= 0.3 is 5.97 Å². The number of amides is 2. The Balaban J connectivity index is 1.30. The summed E-state index contributed by atoms with van der Waals surface area (Å²) < 4.78 is 0. The largest absolute Gasteiger partial charge is 0.480 e. The molecule has 0 aliphatic carbocycles. The number of likely N-dealkylation sites (tertiary alicyclic amines) is 1. The highest BCUT2D eigenvalue weighted by Crippen LogP contribution is 2.35. The molecule has 0 saturated carbocycles. The van der Waals surface area contributed by atoms with E-state index < -0.39 is 12.0 Å². The molecule has 0 bridgehead atoms. The summed E-state index contributed by atoms with van der Waals surface area (Å²) in [4.78, 5) is 40.2. The summed E-state index contributed by atoms with van der Waals surface area (Å²) in [5, 5.41) is 13.9. The minimum absolute atomic E-state index is 0.149. The van der Waals surface area contributed by atoms with Gasteiger partial charge in [-0.2, -0.15) is 0 Å². The van der Waals surface area contributed by atoms with E-state index in [2.05, 4.69) is 5.32 Å². The van der Waals surface area contributed by atoms with Crippen LogP contribution in [0.1, 0.15) is 24.0 Å². The Hall–Kier alpha value is -2.97. The Morgan fingerprint density at radius 1 is 1.00 bits per heavy atom. The first kappa shape index (κ1) is 31.0. The Bertz CT molecular complexity index is 1450. The van der Waals surface area contributed by atoms with Crippen molar-refractivity contribution < 1.29 is 19.5 Å². The number of nitrogens with zero attached hydrogens (tertiary/aromatic N) is 1. The minimum Gasteiger partial charge on any atom is -0.480 e. The van der Waals surface area contributed by atoms with Gasteiger partial charge in [-0.15, -0.1) is 11.8 Å². The lowest BCUT2D eigenvalue weighted by Gasteiger charge is -2.31. The van der Waals surface area contributed by atoms with Crippen LogP contribution in [-0.4, -0.2) is 53.2 Å². The molecule has 1 saturated heterocycles. The second kappa shape index (κ2) is 14.3. The molecular formula is C31H29Cl3N2O4S. The Kier molecular flexibility index (Phi) is 10.8. The number of thioether (sulfide) groups is 1. The molecule has 10 heteroatoms. The van der Waals surface area contributed by atoms with Gasteiger partial charge in [0.15, 0.2) is 0 Å². The number of rotatable bonds is 9. The van der Waals surface area contributed by atoms with Crippen LogP contribution in [0, 0.1) is 5.92 Å². The van der Waals surface area contributed by atoms with Gasteiger partial charge < -0.3 is 15.3 Å². The van der Waals surface area contributed by atoms with E-state index in [1.54, 1.807) is 11.0 Å². The van der Waals surface area contributed by atoms with Crippen molar-refractivity contribution in [3.63, 3.8) is 0 Å². The van der Waals surface area contributed by atoms with Crippen molar-refractivity contribution in [2.45, 2.75) is 30.2 Å². The summed E-state index contributed by atoms with van der Waals surface area (Å²) in [6.45, 7) is 0.783. The molecule has 1 heterocycles. The van der Waals surface area contributed by atoms with E-state index in [1.807, 2.05) is 66.9 Å². The average Bonchev–Trinajstić information content (AvgIpc) is 2.98. The van der Waals surface area contributed by atoms with Crippen LogP contribution in [0.15, 0.2) is 71.6 Å². The van der Waals surface area contributed by atoms with Gasteiger partial charge in [-0.3, -0.25) is 9.59 Å². The van der Waals surface area contributed by atoms with Gasteiger partial charge in [0.05, 0.1) is 10.0 Å². The number of hydrogen-bond donors (Lipinski definition) is 2. The smallest absolute Gasteiger partial charge is 0.326 e. The maximum atomic E-state index is 13.0. The Morgan fingerprint density at radius 2 is 1.68 bits per heavy atom. The van der Waals surface area contributed by atoms with Crippen molar-refractivity contribution >= 4 is 70.4 Å². The van der Waals surface area contributed by atoms with E-state index in [1.165, 1.54) is 17.8 Å². The molecule has 0 spiro atoms. The molecule has 2 amide bonds. The van der Waals surface area contributed by atoms with Crippen LogP contribution in [-0.2, 0) is 20.8 Å². The number of hydrogen-bond acceptors (Lipinski definition) is 4. The van der Waals surface area contributed by atoms with E-state index >= 15 is 0 Å². The maximum absolute atomic E-state index is 13.0. The molecule has 214 valence electrons. The van der Waals surface area contributed by atoms with Crippen molar-refractivity contribution in [3.8, 4) is 11.1 Å². The summed E-state index contributed by atoms with van der Waals surface area (Å²) in [7, 11) is 0. The molecule has 0 aromatic heterocycles. The number of nitrogens with one attached hydrogen (secondary N) is 1. The summed E-state index contributed by atoms with van der Waals surface area (Å²) >= 11 is 20.4. The summed E-state index contributed by atoms with van der Waals surface area (Å²) in [5.74, 6) is -1.98. The molecular weight excluding hydrogens is 603 g/mol. The van der Waals surface area contributed by atoms with E-state index in [0.29, 0.717) is 46.6 Å². The van der Waals surface area contributed by atoms with Gasteiger partial charge in [-0.1, -0.05) is 83.3 Å². The van der Waals surface area contributed by atoms with Gasteiger partial charge in [0.1, 0.15) is 6.04 Å². The monoisotopic (exact) mass is 630 g/mol. The highest BCUT2D eigenvalue weighted by molar-refractivity contribution is 7.98. The molecule has 0 radical (unpaired) electrons. The second-order valence-corrected chi connectivity index (χ2v) is 11.7. The lowest BCUT2D eigenvalue weighted by molar-refractivity contribution is -0.142. The highest BCUT2D eigenvalue weighted by Gasteiger charge is 2.29. The first-order valence-electron chi connectivity index (χ1n) is 13.0. The Labute approximate surface area is 258 Å². The fourth-order valence-corrected chi connectivity index (χ4v) is 6.12. The van der Waals surface area contributed by atoms with E-state index in [4.69, 9.17) is 34.8 Å².